The number of carbonyl (C=O) groups excluding carboxylic acids is 1. The maximum absolute atomic E-state index is 13.2. The van der Waals surface area contributed by atoms with E-state index in [9.17, 15) is 4.79 Å². The van der Waals surface area contributed by atoms with Crippen LogP contribution in [0.4, 0.5) is 0 Å². The third-order valence-electron chi connectivity index (χ3n) is 6.59. The molecule has 5 aliphatic rings. The van der Waals surface area contributed by atoms with Gasteiger partial charge in [0.15, 0.2) is 0 Å². The molecule has 4 heteroatoms. The van der Waals surface area contributed by atoms with Crippen molar-refractivity contribution in [1.82, 2.24) is 4.90 Å². The van der Waals surface area contributed by atoms with Crippen LogP contribution in [-0.2, 0) is 4.79 Å². The highest BCUT2D eigenvalue weighted by Crippen LogP contribution is 2.69. The molecule has 0 spiro atoms. The van der Waals surface area contributed by atoms with Gasteiger partial charge in [-0.05, 0) is 61.7 Å². The fourth-order valence-corrected chi connectivity index (χ4v) is 6.99. The lowest BCUT2D eigenvalue weighted by molar-refractivity contribution is -0.178. The fourth-order valence-electron chi connectivity index (χ4n) is 6.99. The number of nitrogens with zero attached hydrogens (tertiary/aromatic N) is 1. The van der Waals surface area contributed by atoms with Crippen LogP contribution in [0, 0.1) is 22.2 Å². The van der Waals surface area contributed by atoms with E-state index in [0.717, 1.165) is 44.7 Å². The first-order valence-corrected chi connectivity index (χ1v) is 8.37. The standard InChI is InChI=1S/C17H28N2O.ClH/c1-15-5-12-6-16(2,9-15)11-17(7-12,10-15)14(20)19-4-3-13(18)8-19;/h12-13H,3-11,18H2,1-2H3;1H/t12?,13-,15?,16?,17?;/m1./s1. The van der Waals surface area contributed by atoms with Crippen LogP contribution in [0.1, 0.15) is 58.8 Å². The molecule has 0 aromatic rings. The Balaban J connectivity index is 0.00000132. The summed E-state index contributed by atoms with van der Waals surface area (Å²) in [5.41, 5.74) is 6.82. The van der Waals surface area contributed by atoms with Crippen molar-refractivity contribution in [2.45, 2.75) is 64.8 Å². The smallest absolute Gasteiger partial charge is 0.228 e. The van der Waals surface area contributed by atoms with E-state index in [1.54, 1.807) is 0 Å². The average Bonchev–Trinajstić information content (AvgIpc) is 2.69. The van der Waals surface area contributed by atoms with Crippen LogP contribution in [0.3, 0.4) is 0 Å². The number of carbonyl (C=O) groups is 1. The minimum absolute atomic E-state index is 0. The van der Waals surface area contributed by atoms with E-state index >= 15 is 0 Å². The first-order valence-electron chi connectivity index (χ1n) is 8.37. The monoisotopic (exact) mass is 312 g/mol. The molecule has 1 aliphatic heterocycles. The predicted octanol–water partition coefficient (Wildman–Crippen LogP) is 2.96. The van der Waals surface area contributed by atoms with Crippen molar-refractivity contribution in [2.75, 3.05) is 13.1 Å². The lowest BCUT2D eigenvalue weighted by Crippen LogP contribution is -2.60. The highest BCUT2D eigenvalue weighted by atomic mass is 35.5. The summed E-state index contributed by atoms with van der Waals surface area (Å²) < 4.78 is 0. The topological polar surface area (TPSA) is 46.3 Å². The summed E-state index contributed by atoms with van der Waals surface area (Å²) in [6, 6.07) is 0.207. The minimum atomic E-state index is -0.0347. The fraction of sp³-hybridized carbons (Fsp3) is 0.941. The first-order chi connectivity index (χ1) is 9.32. The molecule has 3 atom stereocenters. The molecule has 5 fully saturated rings. The van der Waals surface area contributed by atoms with Gasteiger partial charge in [0.2, 0.25) is 5.91 Å². The summed E-state index contributed by atoms with van der Waals surface area (Å²) in [6.45, 7) is 6.56. The molecule has 2 unspecified atom stereocenters. The lowest BCUT2D eigenvalue weighted by Gasteiger charge is -2.65. The van der Waals surface area contributed by atoms with Crippen molar-refractivity contribution in [1.29, 1.82) is 0 Å². The Morgan fingerprint density at radius 2 is 1.71 bits per heavy atom. The van der Waals surface area contributed by atoms with Gasteiger partial charge in [-0.2, -0.15) is 0 Å². The SMILES string of the molecule is CC12CC3CC(C)(C1)CC(C(=O)N1CC[C@@H](N)C1)(C3)C2.Cl. The Morgan fingerprint density at radius 1 is 1.10 bits per heavy atom. The highest BCUT2D eigenvalue weighted by Gasteiger charge is 2.63. The van der Waals surface area contributed by atoms with Gasteiger partial charge >= 0.3 is 0 Å². The van der Waals surface area contributed by atoms with E-state index < -0.39 is 0 Å². The average molecular weight is 313 g/mol. The maximum atomic E-state index is 13.2. The molecular weight excluding hydrogens is 284 g/mol. The van der Waals surface area contributed by atoms with Gasteiger partial charge in [0, 0.05) is 19.1 Å². The number of likely N-dealkylation sites (tertiary alicyclic amines) is 1. The quantitative estimate of drug-likeness (QED) is 0.809. The van der Waals surface area contributed by atoms with Gasteiger partial charge in [0.05, 0.1) is 5.41 Å². The largest absolute Gasteiger partial charge is 0.341 e. The van der Waals surface area contributed by atoms with E-state index in [0.29, 0.717) is 16.7 Å². The van der Waals surface area contributed by atoms with Crippen LogP contribution in [0.2, 0.25) is 0 Å². The highest BCUT2D eigenvalue weighted by molar-refractivity contribution is 5.85. The molecule has 1 saturated heterocycles. The Bertz CT molecular complexity index is 448. The van der Waals surface area contributed by atoms with E-state index in [1.807, 2.05) is 0 Å². The Morgan fingerprint density at radius 3 is 2.19 bits per heavy atom. The van der Waals surface area contributed by atoms with E-state index in [-0.39, 0.29) is 23.9 Å². The van der Waals surface area contributed by atoms with Crippen LogP contribution in [-0.4, -0.2) is 29.9 Å². The Kier molecular flexibility index (Phi) is 3.43. The molecule has 0 aromatic carbocycles. The van der Waals surface area contributed by atoms with Crippen LogP contribution in [0.15, 0.2) is 0 Å². The van der Waals surface area contributed by atoms with E-state index in [4.69, 9.17) is 5.73 Å². The molecule has 21 heavy (non-hydrogen) atoms. The molecule has 0 aromatic heterocycles. The van der Waals surface area contributed by atoms with Gasteiger partial charge < -0.3 is 10.6 Å². The zero-order valence-electron chi connectivity index (χ0n) is 13.4. The second-order valence-corrected chi connectivity index (χ2v) is 9.21. The number of hydrogen-bond donors (Lipinski definition) is 1. The molecule has 4 saturated carbocycles. The van der Waals surface area contributed by atoms with Gasteiger partial charge in [-0.15, -0.1) is 12.4 Å². The summed E-state index contributed by atoms with van der Waals surface area (Å²) >= 11 is 0. The summed E-state index contributed by atoms with van der Waals surface area (Å²) in [5, 5.41) is 0. The second kappa shape index (κ2) is 4.61. The molecule has 120 valence electrons. The number of hydrogen-bond acceptors (Lipinski definition) is 2. The van der Waals surface area contributed by atoms with E-state index in [2.05, 4.69) is 18.7 Å². The van der Waals surface area contributed by atoms with Crippen molar-refractivity contribution in [2.24, 2.45) is 27.9 Å². The summed E-state index contributed by atoms with van der Waals surface area (Å²) in [5.74, 6) is 1.24. The number of nitrogens with two attached hydrogens (primary N) is 1. The third kappa shape index (κ3) is 2.31. The second-order valence-electron chi connectivity index (χ2n) is 9.21. The zero-order valence-corrected chi connectivity index (χ0v) is 14.2. The van der Waals surface area contributed by atoms with Gasteiger partial charge in [-0.1, -0.05) is 13.8 Å². The molecule has 3 nitrogen and oxygen atoms in total. The van der Waals surface area contributed by atoms with Crippen LogP contribution in [0.25, 0.3) is 0 Å². The minimum Gasteiger partial charge on any atom is -0.341 e. The van der Waals surface area contributed by atoms with Crippen LogP contribution < -0.4 is 5.73 Å². The van der Waals surface area contributed by atoms with Crippen molar-refractivity contribution in [3.05, 3.63) is 0 Å². The number of halogens is 1. The van der Waals surface area contributed by atoms with Gasteiger partial charge in [-0.3, -0.25) is 4.79 Å². The Hall–Kier alpha value is -0.280. The van der Waals surface area contributed by atoms with Crippen molar-refractivity contribution < 1.29 is 4.79 Å². The number of amides is 1. The lowest BCUT2D eigenvalue weighted by atomic mass is 9.40. The van der Waals surface area contributed by atoms with Crippen molar-refractivity contribution in [3.63, 3.8) is 0 Å². The van der Waals surface area contributed by atoms with Crippen molar-refractivity contribution >= 4 is 18.3 Å². The van der Waals surface area contributed by atoms with Gasteiger partial charge in [-0.25, -0.2) is 0 Å². The molecule has 4 bridgehead atoms. The predicted molar refractivity (Wildman–Crippen MR) is 86.3 cm³/mol. The molecule has 0 radical (unpaired) electrons. The molecule has 5 rings (SSSR count). The molecule has 2 N–H and O–H groups in total. The summed E-state index contributed by atoms with van der Waals surface area (Å²) in [6.07, 6.45) is 8.47. The van der Waals surface area contributed by atoms with Gasteiger partial charge in [0.1, 0.15) is 0 Å². The first kappa shape index (κ1) is 15.6. The Labute approximate surface area is 134 Å². The summed E-state index contributed by atoms with van der Waals surface area (Å²) in [4.78, 5) is 15.3. The number of rotatable bonds is 1. The van der Waals surface area contributed by atoms with Gasteiger partial charge in [0.25, 0.3) is 0 Å². The maximum Gasteiger partial charge on any atom is 0.228 e. The normalized spacial score (nSPS) is 51.1. The van der Waals surface area contributed by atoms with E-state index in [1.165, 1.54) is 19.3 Å². The molecule has 1 heterocycles. The van der Waals surface area contributed by atoms with Crippen LogP contribution >= 0.6 is 12.4 Å². The molecule has 4 aliphatic carbocycles. The zero-order chi connectivity index (χ0) is 14.2. The molecular formula is C17H29ClN2O. The summed E-state index contributed by atoms with van der Waals surface area (Å²) in [7, 11) is 0. The van der Waals surface area contributed by atoms with Crippen molar-refractivity contribution in [3.8, 4) is 0 Å². The van der Waals surface area contributed by atoms with Crippen LogP contribution in [0.5, 0.6) is 0 Å². The third-order valence-corrected chi connectivity index (χ3v) is 6.59. The molecule has 1 amide bonds.